The van der Waals surface area contributed by atoms with Crippen molar-refractivity contribution in [3.05, 3.63) is 24.5 Å². The molecule has 2 fully saturated rings. The number of aliphatic carboxylic acids is 1. The van der Waals surface area contributed by atoms with Gasteiger partial charge in [-0.3, -0.25) is 19.5 Å². The second kappa shape index (κ2) is 13.0. The first-order valence-electron chi connectivity index (χ1n) is 10.4. The summed E-state index contributed by atoms with van der Waals surface area (Å²) < 4.78 is 0. The van der Waals surface area contributed by atoms with E-state index in [1.165, 1.54) is 5.69 Å². The third kappa shape index (κ3) is 7.60. The molecule has 1 amide bonds. The van der Waals surface area contributed by atoms with Crippen molar-refractivity contribution in [3.63, 3.8) is 0 Å². The minimum atomic E-state index is -0.711. The summed E-state index contributed by atoms with van der Waals surface area (Å²) in [6.07, 6.45) is 7.30. The van der Waals surface area contributed by atoms with Gasteiger partial charge < -0.3 is 14.9 Å². The quantitative estimate of drug-likeness (QED) is 0.673. The minimum absolute atomic E-state index is 0. The first-order chi connectivity index (χ1) is 13.5. The molecule has 1 atom stereocenters. The van der Waals surface area contributed by atoms with Gasteiger partial charge in [-0.25, -0.2) is 0 Å². The van der Waals surface area contributed by atoms with Gasteiger partial charge in [-0.15, -0.1) is 24.8 Å². The van der Waals surface area contributed by atoms with E-state index in [0.29, 0.717) is 12.5 Å². The van der Waals surface area contributed by atoms with Gasteiger partial charge in [0.1, 0.15) is 0 Å². The minimum Gasteiger partial charge on any atom is -0.481 e. The Morgan fingerprint density at radius 2 is 1.67 bits per heavy atom. The van der Waals surface area contributed by atoms with Crippen molar-refractivity contribution in [3.8, 4) is 0 Å². The van der Waals surface area contributed by atoms with Crippen LogP contribution in [-0.2, 0) is 9.59 Å². The van der Waals surface area contributed by atoms with Crippen LogP contribution in [0.5, 0.6) is 0 Å². The molecule has 2 saturated heterocycles. The topological polar surface area (TPSA) is 77.0 Å². The number of nitrogens with zero attached hydrogens (tertiary/aromatic N) is 4. The van der Waals surface area contributed by atoms with Gasteiger partial charge in [0.25, 0.3) is 0 Å². The average molecular weight is 461 g/mol. The molecule has 1 N–H and O–H groups in total. The summed E-state index contributed by atoms with van der Waals surface area (Å²) in [5.41, 5.74) is 1.19. The third-order valence-electron chi connectivity index (χ3n) is 6.16. The highest BCUT2D eigenvalue weighted by atomic mass is 35.5. The number of amides is 1. The number of pyridine rings is 1. The van der Waals surface area contributed by atoms with Crippen LogP contribution >= 0.6 is 24.8 Å². The molecule has 0 radical (unpaired) electrons. The fourth-order valence-corrected chi connectivity index (χ4v) is 4.09. The first kappa shape index (κ1) is 26.5. The normalized spacial score (nSPS) is 18.8. The monoisotopic (exact) mass is 460 g/mol. The van der Waals surface area contributed by atoms with Crippen LogP contribution in [0.4, 0.5) is 5.69 Å². The zero-order valence-corrected chi connectivity index (χ0v) is 19.2. The second-order valence-electron chi connectivity index (χ2n) is 8.11. The lowest BCUT2D eigenvalue weighted by Crippen LogP contribution is -2.51. The summed E-state index contributed by atoms with van der Waals surface area (Å²) in [5, 5.41) is 9.00. The van der Waals surface area contributed by atoms with Gasteiger partial charge in [-0.2, -0.15) is 0 Å². The molecule has 170 valence electrons. The molecule has 0 aliphatic carbocycles. The van der Waals surface area contributed by atoms with E-state index in [0.717, 1.165) is 65.0 Å². The van der Waals surface area contributed by atoms with E-state index in [2.05, 4.69) is 14.8 Å². The summed E-state index contributed by atoms with van der Waals surface area (Å²) >= 11 is 0. The van der Waals surface area contributed by atoms with Gasteiger partial charge in [0, 0.05) is 57.3 Å². The van der Waals surface area contributed by atoms with Gasteiger partial charge in [0.05, 0.1) is 12.5 Å². The number of carboxylic acids is 1. The number of likely N-dealkylation sites (tertiary alicyclic amines) is 1. The van der Waals surface area contributed by atoms with Crippen LogP contribution in [0.25, 0.3) is 0 Å². The average Bonchev–Trinajstić information content (AvgIpc) is 2.73. The molecule has 0 aromatic carbocycles. The van der Waals surface area contributed by atoms with Gasteiger partial charge in [0.2, 0.25) is 5.91 Å². The van der Waals surface area contributed by atoms with Gasteiger partial charge >= 0.3 is 5.97 Å². The Labute approximate surface area is 191 Å². The molecule has 9 heteroatoms. The van der Waals surface area contributed by atoms with Crippen LogP contribution in [0.2, 0.25) is 0 Å². The molecule has 30 heavy (non-hydrogen) atoms. The van der Waals surface area contributed by atoms with E-state index in [1.807, 2.05) is 29.4 Å². The predicted octanol–water partition coefficient (Wildman–Crippen LogP) is 2.79. The molecular weight excluding hydrogens is 427 g/mol. The molecular formula is C21H34Cl2N4O3. The van der Waals surface area contributed by atoms with Gasteiger partial charge in [0.15, 0.2) is 0 Å². The van der Waals surface area contributed by atoms with E-state index in [9.17, 15) is 9.59 Å². The Morgan fingerprint density at radius 3 is 2.23 bits per heavy atom. The Balaban J connectivity index is 0.00000225. The fraction of sp³-hybridized carbons (Fsp3) is 0.667. The van der Waals surface area contributed by atoms with Crippen LogP contribution in [0, 0.1) is 11.8 Å². The largest absolute Gasteiger partial charge is 0.481 e. The number of anilines is 1. The smallest absolute Gasteiger partial charge is 0.306 e. The number of hydrogen-bond donors (Lipinski definition) is 1. The van der Waals surface area contributed by atoms with Crippen molar-refractivity contribution in [1.82, 2.24) is 14.8 Å². The van der Waals surface area contributed by atoms with E-state index in [1.54, 1.807) is 6.92 Å². The maximum Gasteiger partial charge on any atom is 0.306 e. The Morgan fingerprint density at radius 1 is 1.07 bits per heavy atom. The van der Waals surface area contributed by atoms with Crippen molar-refractivity contribution in [1.29, 1.82) is 0 Å². The van der Waals surface area contributed by atoms with Crippen LogP contribution < -0.4 is 4.90 Å². The first-order valence-corrected chi connectivity index (χ1v) is 10.4. The molecule has 0 spiro atoms. The number of halogens is 2. The van der Waals surface area contributed by atoms with Gasteiger partial charge in [-0.1, -0.05) is 6.92 Å². The van der Waals surface area contributed by atoms with Crippen LogP contribution in [0.3, 0.4) is 0 Å². The lowest BCUT2D eigenvalue weighted by Gasteiger charge is -2.38. The molecule has 0 saturated carbocycles. The summed E-state index contributed by atoms with van der Waals surface area (Å²) in [4.78, 5) is 34.3. The number of hydrogen-bond acceptors (Lipinski definition) is 5. The number of aromatic nitrogens is 1. The fourth-order valence-electron chi connectivity index (χ4n) is 4.09. The maximum absolute atomic E-state index is 12.7. The standard InChI is InChI=1S/C21H32N4O3.2ClH/c1-17(21(27)28)2-3-18-6-10-25(11-7-18)20(26)16-23-12-14-24(15-13-23)19-4-8-22-9-5-19;;/h4-5,8-9,17-18H,2-3,6-7,10-16H2,1H3,(H,27,28);2*1H. The van der Waals surface area contributed by atoms with Crippen LogP contribution in [-0.4, -0.2) is 77.6 Å². The third-order valence-corrected chi connectivity index (χ3v) is 6.16. The number of rotatable bonds is 7. The van der Waals surface area contributed by atoms with E-state index in [4.69, 9.17) is 5.11 Å². The predicted molar refractivity (Wildman–Crippen MR) is 123 cm³/mol. The Kier molecular flexibility index (Phi) is 11.4. The Bertz CT molecular complexity index is 649. The number of carboxylic acid groups (broad SMARTS) is 1. The highest BCUT2D eigenvalue weighted by molar-refractivity contribution is 5.85. The molecule has 3 heterocycles. The SMILES string of the molecule is CC(CCC1CCN(C(=O)CN2CCN(c3ccncc3)CC2)CC1)C(=O)O.Cl.Cl. The summed E-state index contributed by atoms with van der Waals surface area (Å²) in [6, 6.07) is 4.06. The number of piperidine rings is 1. The Hall–Kier alpha value is -1.57. The number of piperazine rings is 1. The molecule has 7 nitrogen and oxygen atoms in total. The highest BCUT2D eigenvalue weighted by Crippen LogP contribution is 2.24. The zero-order valence-electron chi connectivity index (χ0n) is 17.6. The van der Waals surface area contributed by atoms with Crippen molar-refractivity contribution in [2.45, 2.75) is 32.6 Å². The van der Waals surface area contributed by atoms with Crippen LogP contribution in [0.15, 0.2) is 24.5 Å². The molecule has 1 unspecified atom stereocenters. The second-order valence-corrected chi connectivity index (χ2v) is 8.11. The maximum atomic E-state index is 12.7. The molecule has 1 aromatic heterocycles. The highest BCUT2D eigenvalue weighted by Gasteiger charge is 2.26. The van der Waals surface area contributed by atoms with Gasteiger partial charge in [-0.05, 0) is 43.7 Å². The molecule has 0 bridgehead atoms. The van der Waals surface area contributed by atoms with Crippen molar-refractivity contribution >= 4 is 42.4 Å². The van der Waals surface area contributed by atoms with E-state index < -0.39 is 5.97 Å². The summed E-state index contributed by atoms with van der Waals surface area (Å²) in [6.45, 7) is 7.56. The number of carbonyl (C=O) groups excluding carboxylic acids is 1. The molecule has 3 rings (SSSR count). The lowest BCUT2D eigenvalue weighted by molar-refractivity contribution is -0.141. The van der Waals surface area contributed by atoms with Crippen LogP contribution in [0.1, 0.15) is 32.6 Å². The van der Waals surface area contributed by atoms with E-state index in [-0.39, 0.29) is 36.6 Å². The summed E-state index contributed by atoms with van der Waals surface area (Å²) in [5.74, 6) is -0.202. The van der Waals surface area contributed by atoms with Crippen molar-refractivity contribution in [2.75, 3.05) is 50.7 Å². The summed E-state index contributed by atoms with van der Waals surface area (Å²) in [7, 11) is 0. The lowest BCUT2D eigenvalue weighted by atomic mass is 9.89. The number of carbonyl (C=O) groups is 2. The van der Waals surface area contributed by atoms with Crippen molar-refractivity contribution in [2.24, 2.45) is 11.8 Å². The molecule has 2 aliphatic heterocycles. The molecule has 2 aliphatic rings. The molecule has 1 aromatic rings. The van der Waals surface area contributed by atoms with E-state index >= 15 is 0 Å². The zero-order chi connectivity index (χ0) is 19.9. The van der Waals surface area contributed by atoms with Crippen molar-refractivity contribution < 1.29 is 14.7 Å².